The number of benzene rings is 1. The fourth-order valence-corrected chi connectivity index (χ4v) is 4.23. The highest BCUT2D eigenvalue weighted by Crippen LogP contribution is 2.44. The molecule has 0 radical (unpaired) electrons. The molecule has 3 rings (SSSR count). The van der Waals surface area contributed by atoms with Gasteiger partial charge < -0.3 is 14.8 Å². The van der Waals surface area contributed by atoms with Gasteiger partial charge in [0.1, 0.15) is 5.75 Å². The van der Waals surface area contributed by atoms with Gasteiger partial charge in [-0.15, -0.1) is 0 Å². The van der Waals surface area contributed by atoms with Crippen molar-refractivity contribution in [3.05, 3.63) is 29.3 Å². The molecule has 3 nitrogen and oxygen atoms in total. The van der Waals surface area contributed by atoms with E-state index in [1.807, 2.05) is 7.11 Å². The summed E-state index contributed by atoms with van der Waals surface area (Å²) in [5.74, 6) is 1.78. The van der Waals surface area contributed by atoms with Gasteiger partial charge in [0, 0.05) is 13.5 Å². The zero-order valence-electron chi connectivity index (χ0n) is 13.4. The highest BCUT2D eigenvalue weighted by atomic mass is 16.5. The zero-order valence-corrected chi connectivity index (χ0v) is 13.4. The van der Waals surface area contributed by atoms with Crippen molar-refractivity contribution in [2.75, 3.05) is 20.8 Å². The predicted octanol–water partition coefficient (Wildman–Crippen LogP) is 3.48. The van der Waals surface area contributed by atoms with Gasteiger partial charge in [-0.1, -0.05) is 31.9 Å². The van der Waals surface area contributed by atoms with Crippen LogP contribution >= 0.6 is 0 Å². The average Bonchev–Trinajstić information content (AvgIpc) is 2.95. The van der Waals surface area contributed by atoms with Crippen molar-refractivity contribution in [2.24, 2.45) is 5.92 Å². The molecule has 116 valence electrons. The first-order valence-electron chi connectivity index (χ1n) is 8.16. The minimum Gasteiger partial charge on any atom is -0.493 e. The molecule has 1 heterocycles. The SMILES string of the molecule is CNC(c1ccc2c(c1)CCO2)C1(OC)CCCC(C)C1. The van der Waals surface area contributed by atoms with Crippen LogP contribution in [-0.4, -0.2) is 26.4 Å². The Bertz CT molecular complexity index is 502. The first-order valence-corrected chi connectivity index (χ1v) is 8.16. The molecule has 1 N–H and O–H groups in total. The fraction of sp³-hybridized carbons (Fsp3) is 0.667. The molecular formula is C18H27NO2. The molecular weight excluding hydrogens is 262 g/mol. The molecule has 1 aliphatic carbocycles. The van der Waals surface area contributed by atoms with E-state index in [2.05, 4.69) is 37.5 Å². The van der Waals surface area contributed by atoms with E-state index in [0.717, 1.165) is 37.5 Å². The molecule has 0 bridgehead atoms. The third-order valence-corrected chi connectivity index (χ3v) is 5.26. The molecule has 1 aliphatic heterocycles. The maximum atomic E-state index is 6.08. The van der Waals surface area contributed by atoms with E-state index < -0.39 is 0 Å². The predicted molar refractivity (Wildman–Crippen MR) is 84.8 cm³/mol. The van der Waals surface area contributed by atoms with Gasteiger partial charge >= 0.3 is 0 Å². The van der Waals surface area contributed by atoms with Crippen LogP contribution in [0.25, 0.3) is 0 Å². The lowest BCUT2D eigenvalue weighted by molar-refractivity contribution is -0.0790. The molecule has 1 fully saturated rings. The monoisotopic (exact) mass is 289 g/mol. The largest absolute Gasteiger partial charge is 0.493 e. The van der Waals surface area contributed by atoms with Crippen LogP contribution in [0.2, 0.25) is 0 Å². The van der Waals surface area contributed by atoms with E-state index >= 15 is 0 Å². The van der Waals surface area contributed by atoms with Crippen molar-refractivity contribution in [2.45, 2.75) is 50.7 Å². The molecule has 3 heteroatoms. The smallest absolute Gasteiger partial charge is 0.122 e. The van der Waals surface area contributed by atoms with E-state index in [9.17, 15) is 0 Å². The Labute approximate surface area is 128 Å². The Hall–Kier alpha value is -1.06. The summed E-state index contributed by atoms with van der Waals surface area (Å²) in [4.78, 5) is 0. The highest BCUT2D eigenvalue weighted by molar-refractivity contribution is 5.41. The number of hydrogen-bond acceptors (Lipinski definition) is 3. The average molecular weight is 289 g/mol. The summed E-state index contributed by atoms with van der Waals surface area (Å²) in [6.07, 6.45) is 5.85. The molecule has 2 aliphatic rings. The lowest BCUT2D eigenvalue weighted by atomic mass is 9.72. The highest BCUT2D eigenvalue weighted by Gasteiger charge is 2.42. The standard InChI is InChI=1S/C18H27NO2/c1-13-5-4-9-18(12-13,20-3)17(19-2)15-6-7-16-14(11-15)8-10-21-16/h6-7,11,13,17,19H,4-5,8-10,12H2,1-3H3. The number of hydrogen-bond donors (Lipinski definition) is 1. The molecule has 0 aromatic heterocycles. The molecule has 21 heavy (non-hydrogen) atoms. The molecule has 1 aromatic carbocycles. The van der Waals surface area contributed by atoms with Gasteiger partial charge in [-0.2, -0.15) is 0 Å². The van der Waals surface area contributed by atoms with Crippen LogP contribution in [0, 0.1) is 5.92 Å². The first-order chi connectivity index (χ1) is 10.2. The van der Waals surface area contributed by atoms with Gasteiger partial charge in [0.25, 0.3) is 0 Å². The van der Waals surface area contributed by atoms with Crippen LogP contribution in [0.1, 0.15) is 49.8 Å². The third-order valence-electron chi connectivity index (χ3n) is 5.26. The van der Waals surface area contributed by atoms with E-state index in [0.29, 0.717) is 0 Å². The molecule has 0 amide bonds. The zero-order chi connectivity index (χ0) is 14.9. The van der Waals surface area contributed by atoms with Gasteiger partial charge in [0.2, 0.25) is 0 Å². The quantitative estimate of drug-likeness (QED) is 0.920. The molecule has 3 unspecified atom stereocenters. The molecule has 0 saturated heterocycles. The molecule has 1 aromatic rings. The van der Waals surface area contributed by atoms with Crippen LogP contribution in [0.5, 0.6) is 5.75 Å². The van der Waals surface area contributed by atoms with Gasteiger partial charge in [-0.05, 0) is 43.0 Å². The maximum Gasteiger partial charge on any atom is 0.122 e. The fourth-order valence-electron chi connectivity index (χ4n) is 4.23. The van der Waals surface area contributed by atoms with Gasteiger partial charge in [-0.3, -0.25) is 0 Å². The van der Waals surface area contributed by atoms with Crippen LogP contribution in [0.15, 0.2) is 18.2 Å². The van der Waals surface area contributed by atoms with Crippen molar-refractivity contribution < 1.29 is 9.47 Å². The van der Waals surface area contributed by atoms with Crippen LogP contribution < -0.4 is 10.1 Å². The second-order valence-electron chi connectivity index (χ2n) is 6.66. The Morgan fingerprint density at radius 2 is 2.29 bits per heavy atom. The number of nitrogens with one attached hydrogen (secondary N) is 1. The van der Waals surface area contributed by atoms with Crippen molar-refractivity contribution in [3.63, 3.8) is 0 Å². The first kappa shape index (κ1) is 14.9. The van der Waals surface area contributed by atoms with Crippen LogP contribution in [0.3, 0.4) is 0 Å². The summed E-state index contributed by atoms with van der Waals surface area (Å²) in [5, 5.41) is 3.53. The summed E-state index contributed by atoms with van der Waals surface area (Å²) in [5.41, 5.74) is 2.58. The number of fused-ring (bicyclic) bond motifs is 1. The van der Waals surface area contributed by atoms with Gasteiger partial charge in [-0.25, -0.2) is 0 Å². The molecule has 1 saturated carbocycles. The lowest BCUT2D eigenvalue weighted by Crippen LogP contribution is -2.47. The minimum absolute atomic E-state index is 0.0832. The van der Waals surface area contributed by atoms with Crippen LogP contribution in [-0.2, 0) is 11.2 Å². The summed E-state index contributed by atoms with van der Waals surface area (Å²) in [6.45, 7) is 3.16. The van der Waals surface area contributed by atoms with E-state index in [-0.39, 0.29) is 11.6 Å². The normalized spacial score (nSPS) is 29.8. The van der Waals surface area contributed by atoms with Gasteiger partial charge in [0.15, 0.2) is 0 Å². The summed E-state index contributed by atoms with van der Waals surface area (Å²) < 4.78 is 11.7. The second-order valence-corrected chi connectivity index (χ2v) is 6.66. The van der Waals surface area contributed by atoms with Crippen molar-refractivity contribution in [1.29, 1.82) is 0 Å². The van der Waals surface area contributed by atoms with Crippen molar-refractivity contribution in [3.8, 4) is 5.75 Å². The molecule has 3 atom stereocenters. The molecule has 0 spiro atoms. The van der Waals surface area contributed by atoms with E-state index in [4.69, 9.17) is 9.47 Å². The summed E-state index contributed by atoms with van der Waals surface area (Å²) in [6, 6.07) is 6.88. The lowest BCUT2D eigenvalue weighted by Gasteiger charge is -2.44. The summed E-state index contributed by atoms with van der Waals surface area (Å²) >= 11 is 0. The Balaban J connectivity index is 1.92. The number of ether oxygens (including phenoxy) is 2. The van der Waals surface area contributed by atoms with Gasteiger partial charge in [0.05, 0.1) is 18.2 Å². The van der Waals surface area contributed by atoms with Crippen molar-refractivity contribution >= 4 is 0 Å². The second kappa shape index (κ2) is 5.98. The third kappa shape index (κ3) is 2.69. The topological polar surface area (TPSA) is 30.5 Å². The Kier molecular flexibility index (Phi) is 4.23. The number of likely N-dealkylation sites (N-methyl/N-ethyl adjacent to an activating group) is 1. The minimum atomic E-state index is -0.0832. The maximum absolute atomic E-state index is 6.08. The summed E-state index contributed by atoms with van der Waals surface area (Å²) in [7, 11) is 3.92. The van der Waals surface area contributed by atoms with E-state index in [1.165, 1.54) is 24.0 Å². The van der Waals surface area contributed by atoms with Crippen LogP contribution in [0.4, 0.5) is 0 Å². The Morgan fingerprint density at radius 3 is 3.00 bits per heavy atom. The van der Waals surface area contributed by atoms with E-state index in [1.54, 1.807) is 0 Å². The Morgan fingerprint density at radius 1 is 1.43 bits per heavy atom. The number of rotatable bonds is 4. The van der Waals surface area contributed by atoms with Crippen molar-refractivity contribution in [1.82, 2.24) is 5.32 Å². The number of methoxy groups -OCH3 is 1.